The van der Waals surface area contributed by atoms with Gasteiger partial charge < -0.3 is 4.74 Å². The first-order valence-electron chi connectivity index (χ1n) is 10.4. The van der Waals surface area contributed by atoms with E-state index in [0.717, 1.165) is 44.5 Å². The van der Waals surface area contributed by atoms with Crippen LogP contribution in [0.25, 0.3) is 11.1 Å². The molecule has 144 valence electrons. The number of ether oxygens (including phenoxy) is 1. The van der Waals surface area contributed by atoms with E-state index < -0.39 is 0 Å². The second kappa shape index (κ2) is 10.3. The molecule has 0 amide bonds. The summed E-state index contributed by atoms with van der Waals surface area (Å²) < 4.78 is 18.1. The van der Waals surface area contributed by atoms with E-state index in [2.05, 4.69) is 55.5 Å². The molecule has 0 aliphatic heterocycles. The van der Waals surface area contributed by atoms with Gasteiger partial charge in [-0.3, -0.25) is 0 Å². The summed E-state index contributed by atoms with van der Waals surface area (Å²) in [5.41, 5.74) is 3.88. The number of unbranched alkanes of at least 4 members (excludes halogenated alkanes) is 2. The Labute approximate surface area is 163 Å². The predicted molar refractivity (Wildman–Crippen MR) is 112 cm³/mol. The summed E-state index contributed by atoms with van der Waals surface area (Å²) in [4.78, 5) is 0. The molecule has 1 aliphatic carbocycles. The van der Waals surface area contributed by atoms with Gasteiger partial charge in [-0.1, -0.05) is 62.2 Å². The zero-order valence-electron chi connectivity index (χ0n) is 16.4. The van der Waals surface area contributed by atoms with Crippen LogP contribution in [0.2, 0.25) is 0 Å². The Morgan fingerprint density at radius 1 is 0.889 bits per heavy atom. The number of rotatable bonds is 8. The molecule has 0 unspecified atom stereocenters. The van der Waals surface area contributed by atoms with Crippen molar-refractivity contribution in [2.45, 2.75) is 57.8 Å². The summed E-state index contributed by atoms with van der Waals surface area (Å²) in [5.74, 6) is 1.99. The Morgan fingerprint density at radius 3 is 2.11 bits per heavy atom. The van der Waals surface area contributed by atoms with E-state index in [1.54, 1.807) is 6.08 Å². The molecule has 0 N–H and O–H groups in total. The molecule has 3 rings (SSSR count). The van der Waals surface area contributed by atoms with Crippen LogP contribution >= 0.6 is 0 Å². The number of benzene rings is 2. The molecular weight excluding hydrogens is 335 g/mol. The van der Waals surface area contributed by atoms with Gasteiger partial charge in [0, 0.05) is 0 Å². The first-order chi connectivity index (χ1) is 13.3. The highest BCUT2D eigenvalue weighted by atomic mass is 19.1. The standard InChI is InChI=1S/C25H31FO/c1-2-3-4-19-27-25-15-13-24(14-16-25)23-11-9-22(10-12-23)21-7-5-20(6-8-21)17-18-26/h9-18,20-21H,2-8,19H2,1H3/t20-,21-. The van der Waals surface area contributed by atoms with Crippen molar-refractivity contribution in [2.75, 3.05) is 6.61 Å². The van der Waals surface area contributed by atoms with Gasteiger partial charge in [0.25, 0.3) is 0 Å². The van der Waals surface area contributed by atoms with Crippen LogP contribution in [0, 0.1) is 5.92 Å². The number of halogens is 1. The highest BCUT2D eigenvalue weighted by Gasteiger charge is 2.20. The molecule has 1 nitrogen and oxygen atoms in total. The fraction of sp³-hybridized carbons (Fsp3) is 0.440. The van der Waals surface area contributed by atoms with E-state index in [-0.39, 0.29) is 0 Å². The van der Waals surface area contributed by atoms with Crippen LogP contribution in [-0.2, 0) is 0 Å². The second-order valence-corrected chi connectivity index (χ2v) is 7.63. The van der Waals surface area contributed by atoms with Gasteiger partial charge in [0.1, 0.15) is 5.75 Å². The maximum atomic E-state index is 12.3. The molecule has 0 heterocycles. The Bertz CT molecular complexity index is 694. The molecule has 0 bridgehead atoms. The van der Waals surface area contributed by atoms with Gasteiger partial charge in [-0.2, -0.15) is 0 Å². The highest BCUT2D eigenvalue weighted by molar-refractivity contribution is 5.64. The normalized spacial score (nSPS) is 20.1. The quantitative estimate of drug-likeness (QED) is 0.435. The second-order valence-electron chi connectivity index (χ2n) is 7.63. The molecule has 1 fully saturated rings. The summed E-state index contributed by atoms with van der Waals surface area (Å²) >= 11 is 0. The summed E-state index contributed by atoms with van der Waals surface area (Å²) in [6.07, 6.45) is 10.5. The van der Waals surface area contributed by atoms with Crippen LogP contribution in [0.4, 0.5) is 4.39 Å². The average molecular weight is 367 g/mol. The van der Waals surface area contributed by atoms with E-state index in [1.165, 1.54) is 29.5 Å². The van der Waals surface area contributed by atoms with Crippen LogP contribution in [-0.4, -0.2) is 6.61 Å². The van der Waals surface area contributed by atoms with Crippen molar-refractivity contribution in [3.63, 3.8) is 0 Å². The average Bonchev–Trinajstić information content (AvgIpc) is 2.73. The van der Waals surface area contributed by atoms with E-state index in [4.69, 9.17) is 4.74 Å². The SMILES string of the molecule is CCCCCOc1ccc(-c2ccc([C@H]3CC[C@H](C=CF)CC3)cc2)cc1. The minimum absolute atomic E-state index is 0.424. The lowest BCUT2D eigenvalue weighted by atomic mass is 9.78. The van der Waals surface area contributed by atoms with Gasteiger partial charge in [-0.25, -0.2) is 4.39 Å². The molecule has 0 spiro atoms. The molecule has 1 aliphatic rings. The third-order valence-electron chi connectivity index (χ3n) is 5.70. The Hall–Kier alpha value is -2.09. The number of hydrogen-bond acceptors (Lipinski definition) is 1. The number of hydrogen-bond donors (Lipinski definition) is 0. The van der Waals surface area contributed by atoms with Crippen LogP contribution in [0.5, 0.6) is 5.75 Å². The van der Waals surface area contributed by atoms with Crippen molar-refractivity contribution < 1.29 is 9.13 Å². The minimum atomic E-state index is 0.424. The molecule has 2 aromatic carbocycles. The fourth-order valence-electron chi connectivity index (χ4n) is 3.98. The van der Waals surface area contributed by atoms with E-state index in [0.29, 0.717) is 18.2 Å². The molecule has 0 saturated heterocycles. The topological polar surface area (TPSA) is 9.23 Å². The van der Waals surface area contributed by atoms with Gasteiger partial charge in [-0.15, -0.1) is 0 Å². The third kappa shape index (κ3) is 5.69. The first kappa shape index (κ1) is 19.7. The Kier molecular flexibility index (Phi) is 7.50. The summed E-state index contributed by atoms with van der Waals surface area (Å²) in [5, 5.41) is 0. The summed E-state index contributed by atoms with van der Waals surface area (Å²) in [6.45, 7) is 3.00. The van der Waals surface area contributed by atoms with Crippen LogP contribution in [0.3, 0.4) is 0 Å². The van der Waals surface area contributed by atoms with Gasteiger partial charge in [-0.05, 0) is 72.8 Å². The summed E-state index contributed by atoms with van der Waals surface area (Å²) in [6, 6.07) is 17.4. The van der Waals surface area contributed by atoms with Crippen molar-refractivity contribution in [3.05, 3.63) is 66.5 Å². The molecular formula is C25H31FO. The monoisotopic (exact) mass is 366 g/mol. The lowest BCUT2D eigenvalue weighted by Gasteiger charge is -2.27. The zero-order valence-corrected chi connectivity index (χ0v) is 16.4. The van der Waals surface area contributed by atoms with Crippen molar-refractivity contribution in [3.8, 4) is 16.9 Å². The highest BCUT2D eigenvalue weighted by Crippen LogP contribution is 2.37. The molecule has 27 heavy (non-hydrogen) atoms. The lowest BCUT2D eigenvalue weighted by Crippen LogP contribution is -2.11. The van der Waals surface area contributed by atoms with Crippen molar-refractivity contribution >= 4 is 0 Å². The van der Waals surface area contributed by atoms with Gasteiger partial charge in [0.05, 0.1) is 12.9 Å². The van der Waals surface area contributed by atoms with E-state index >= 15 is 0 Å². The van der Waals surface area contributed by atoms with Crippen LogP contribution < -0.4 is 4.74 Å². The molecule has 2 aromatic rings. The van der Waals surface area contributed by atoms with Crippen molar-refractivity contribution in [2.24, 2.45) is 5.92 Å². The van der Waals surface area contributed by atoms with E-state index in [1.807, 2.05) is 0 Å². The molecule has 1 saturated carbocycles. The maximum absolute atomic E-state index is 12.3. The molecule has 0 aromatic heterocycles. The first-order valence-corrected chi connectivity index (χ1v) is 10.4. The Balaban J connectivity index is 1.55. The van der Waals surface area contributed by atoms with Crippen molar-refractivity contribution in [1.29, 1.82) is 0 Å². The smallest absolute Gasteiger partial charge is 0.119 e. The largest absolute Gasteiger partial charge is 0.494 e. The zero-order chi connectivity index (χ0) is 18.9. The fourth-order valence-corrected chi connectivity index (χ4v) is 3.98. The molecule has 2 heteroatoms. The molecule has 0 radical (unpaired) electrons. The van der Waals surface area contributed by atoms with E-state index in [9.17, 15) is 4.39 Å². The third-order valence-corrected chi connectivity index (χ3v) is 5.70. The van der Waals surface area contributed by atoms with Crippen LogP contribution in [0.15, 0.2) is 60.9 Å². The van der Waals surface area contributed by atoms with Gasteiger partial charge in [0.2, 0.25) is 0 Å². The Morgan fingerprint density at radius 2 is 1.52 bits per heavy atom. The predicted octanol–water partition coefficient (Wildman–Crippen LogP) is 7.68. The molecule has 0 atom stereocenters. The minimum Gasteiger partial charge on any atom is -0.494 e. The number of allylic oxidation sites excluding steroid dienone is 1. The van der Waals surface area contributed by atoms with Crippen LogP contribution in [0.1, 0.15) is 63.4 Å². The summed E-state index contributed by atoms with van der Waals surface area (Å²) in [7, 11) is 0. The van der Waals surface area contributed by atoms with Crippen molar-refractivity contribution in [1.82, 2.24) is 0 Å². The maximum Gasteiger partial charge on any atom is 0.119 e. The lowest BCUT2D eigenvalue weighted by molar-refractivity contribution is 0.306. The van der Waals surface area contributed by atoms with Gasteiger partial charge in [0.15, 0.2) is 0 Å². The van der Waals surface area contributed by atoms with Gasteiger partial charge >= 0.3 is 0 Å².